The van der Waals surface area contributed by atoms with Crippen LogP contribution in [0.25, 0.3) is 0 Å². The summed E-state index contributed by atoms with van der Waals surface area (Å²) in [5, 5.41) is 4.81. The maximum absolute atomic E-state index is 12.2. The van der Waals surface area contributed by atoms with E-state index in [-0.39, 0.29) is 52.6 Å². The predicted octanol–water partition coefficient (Wildman–Crippen LogP) is 0.752. The van der Waals surface area contributed by atoms with E-state index in [2.05, 4.69) is 35.6 Å². The van der Waals surface area contributed by atoms with Gasteiger partial charge in [0.05, 0.1) is 12.4 Å². The number of hydrogen-bond donors (Lipinski definition) is 6. The van der Waals surface area contributed by atoms with Gasteiger partial charge >= 0.3 is 0 Å². The summed E-state index contributed by atoms with van der Waals surface area (Å²) in [5.41, 5.74) is 23.3. The Balaban J connectivity index is 1.36. The van der Waals surface area contributed by atoms with Crippen molar-refractivity contribution >= 4 is 52.6 Å². The first-order chi connectivity index (χ1) is 17.7. The average Bonchev–Trinajstić information content (AvgIpc) is 2.85. The molecule has 0 radical (unpaired) electrons. The number of guanidine groups is 1. The number of rotatable bonds is 10. The molecule has 37 heavy (non-hydrogen) atoms. The number of nitrogens with two attached hydrogens (primary N) is 4. The molecule has 3 rings (SSSR count). The highest BCUT2D eigenvalue weighted by Crippen LogP contribution is 2.17. The number of ether oxygens (including phenoxy) is 1. The lowest BCUT2D eigenvalue weighted by molar-refractivity contribution is -0.118. The summed E-state index contributed by atoms with van der Waals surface area (Å²) in [6.45, 7) is 0.222. The maximum atomic E-state index is 12.2. The molecule has 10 N–H and O–H groups in total. The Morgan fingerprint density at radius 1 is 1.00 bits per heavy atom. The maximum Gasteiger partial charge on any atom is 0.280 e. The zero-order valence-corrected chi connectivity index (χ0v) is 20.4. The summed E-state index contributed by atoms with van der Waals surface area (Å²) in [5.74, 6) is -0.376. The summed E-state index contributed by atoms with van der Waals surface area (Å²) >= 11 is 5.78. The molecule has 2 amide bonds. The van der Waals surface area contributed by atoms with Crippen molar-refractivity contribution in [3.05, 3.63) is 53.1 Å². The summed E-state index contributed by atoms with van der Waals surface area (Å²) in [7, 11) is 0. The number of nitrogens with zero attached hydrogens (tertiary/aromatic N) is 5. The second-order valence-corrected chi connectivity index (χ2v) is 7.98. The fourth-order valence-corrected chi connectivity index (χ4v) is 3.11. The number of hydrogen-bond acceptors (Lipinski definition) is 11. The Kier molecular flexibility index (Phi) is 9.32. The molecule has 15 heteroatoms. The van der Waals surface area contributed by atoms with E-state index in [1.165, 1.54) is 12.4 Å². The van der Waals surface area contributed by atoms with Crippen LogP contribution in [0, 0.1) is 0 Å². The van der Waals surface area contributed by atoms with Crippen LogP contribution in [0.15, 0.2) is 41.7 Å². The third-order valence-corrected chi connectivity index (χ3v) is 5.01. The largest absolute Gasteiger partial charge is 0.484 e. The normalized spacial score (nSPS) is 11.1. The lowest BCUT2D eigenvalue weighted by Crippen LogP contribution is -2.38. The van der Waals surface area contributed by atoms with Crippen molar-refractivity contribution in [1.29, 1.82) is 0 Å². The minimum absolute atomic E-state index is 0.0761. The van der Waals surface area contributed by atoms with E-state index in [0.717, 1.165) is 24.8 Å². The van der Waals surface area contributed by atoms with Crippen molar-refractivity contribution in [3.8, 4) is 5.75 Å². The van der Waals surface area contributed by atoms with Gasteiger partial charge in [0.25, 0.3) is 11.8 Å². The number of carbonyl (C=O) groups excluding carboxylic acids is 2. The van der Waals surface area contributed by atoms with Crippen LogP contribution in [0.3, 0.4) is 0 Å². The number of carbonyl (C=O) groups is 2. The third-order valence-electron chi connectivity index (χ3n) is 4.73. The number of halogens is 1. The highest BCUT2D eigenvalue weighted by atomic mass is 35.5. The van der Waals surface area contributed by atoms with Gasteiger partial charge in [-0.3, -0.25) is 24.9 Å². The van der Waals surface area contributed by atoms with Gasteiger partial charge in [-0.25, -0.2) is 15.0 Å². The molecule has 14 nitrogen and oxygen atoms in total. The van der Waals surface area contributed by atoms with Crippen molar-refractivity contribution < 1.29 is 14.3 Å². The van der Waals surface area contributed by atoms with Crippen molar-refractivity contribution in [2.45, 2.75) is 19.3 Å². The van der Waals surface area contributed by atoms with Crippen molar-refractivity contribution in [1.82, 2.24) is 25.3 Å². The van der Waals surface area contributed by atoms with Crippen molar-refractivity contribution in [2.75, 3.05) is 35.7 Å². The molecule has 0 spiro atoms. The smallest absolute Gasteiger partial charge is 0.280 e. The molecule has 194 valence electrons. The number of aromatic nitrogens is 4. The minimum atomic E-state index is -0.689. The number of anilines is 4. The van der Waals surface area contributed by atoms with Crippen LogP contribution in [0.2, 0.25) is 5.15 Å². The topological polar surface area (TPSA) is 235 Å². The van der Waals surface area contributed by atoms with Gasteiger partial charge < -0.3 is 33.0 Å². The Hall–Kier alpha value is -4.72. The van der Waals surface area contributed by atoms with Crippen molar-refractivity contribution in [2.24, 2.45) is 10.7 Å². The zero-order valence-electron chi connectivity index (χ0n) is 19.6. The van der Waals surface area contributed by atoms with Crippen LogP contribution in [0.5, 0.6) is 5.75 Å². The molecule has 2 aromatic heterocycles. The molecule has 0 aliphatic heterocycles. The van der Waals surface area contributed by atoms with Gasteiger partial charge in [0.2, 0.25) is 0 Å². The van der Waals surface area contributed by atoms with Gasteiger partial charge in [0, 0.05) is 6.54 Å². The van der Waals surface area contributed by atoms with Crippen molar-refractivity contribution in [3.63, 3.8) is 0 Å². The Bertz CT molecular complexity index is 1290. The first-order valence-corrected chi connectivity index (χ1v) is 11.4. The van der Waals surface area contributed by atoms with Crippen LogP contribution in [-0.4, -0.2) is 50.9 Å². The molecular formula is C22H26ClN11O3. The van der Waals surface area contributed by atoms with Gasteiger partial charge in [-0.05, 0) is 37.0 Å². The second kappa shape index (κ2) is 12.8. The first kappa shape index (κ1) is 26.9. The van der Waals surface area contributed by atoms with E-state index in [1.807, 2.05) is 12.1 Å². The third kappa shape index (κ3) is 8.47. The molecule has 0 fully saturated rings. The second-order valence-electron chi connectivity index (χ2n) is 7.62. The SMILES string of the molecule is NC(=NCCCCc1ccc(OCC(=O)Nc2cncc(N)n2)cc1)NC(=O)c1nc(Cl)c(N)nc1N. The fourth-order valence-electron chi connectivity index (χ4n) is 2.99. The molecule has 0 aliphatic rings. The van der Waals surface area contributed by atoms with Gasteiger partial charge in [0.15, 0.2) is 40.9 Å². The Morgan fingerprint density at radius 2 is 1.76 bits per heavy atom. The van der Waals surface area contributed by atoms with E-state index in [0.29, 0.717) is 12.3 Å². The molecular weight excluding hydrogens is 502 g/mol. The average molecular weight is 528 g/mol. The predicted molar refractivity (Wildman–Crippen MR) is 140 cm³/mol. The number of aryl methyl sites for hydroxylation is 1. The van der Waals surface area contributed by atoms with E-state index < -0.39 is 5.91 Å². The number of unbranched alkanes of at least 4 members (excludes halogenated alkanes) is 1. The minimum Gasteiger partial charge on any atom is -0.484 e. The fraction of sp³-hybridized carbons (Fsp3) is 0.227. The molecule has 3 aromatic rings. The highest BCUT2D eigenvalue weighted by molar-refractivity contribution is 6.31. The van der Waals surface area contributed by atoms with Crippen LogP contribution in [0.1, 0.15) is 28.9 Å². The standard InChI is InChI=1S/C22H26ClN11O3/c23-18-20(26)33-19(25)17(32-18)21(36)34-22(27)29-8-2-1-3-12-4-6-13(7-5-12)37-11-16(35)31-15-10-28-9-14(24)30-15/h4-7,9-10H,1-3,8,11H2,(H4,25,26,33)(H3,24,30,31,35)(H3,27,29,34,36). The van der Waals surface area contributed by atoms with E-state index in [4.69, 9.17) is 39.3 Å². The van der Waals surface area contributed by atoms with E-state index >= 15 is 0 Å². The highest BCUT2D eigenvalue weighted by Gasteiger charge is 2.16. The van der Waals surface area contributed by atoms with Gasteiger partial charge in [0.1, 0.15) is 11.6 Å². The number of nitrogens with one attached hydrogen (secondary N) is 2. The first-order valence-electron chi connectivity index (χ1n) is 11.0. The summed E-state index contributed by atoms with van der Waals surface area (Å²) in [6, 6.07) is 7.40. The van der Waals surface area contributed by atoms with Crippen LogP contribution in [-0.2, 0) is 11.2 Å². The van der Waals surface area contributed by atoms with E-state index in [1.54, 1.807) is 12.1 Å². The number of benzene rings is 1. The summed E-state index contributed by atoms with van der Waals surface area (Å²) in [6.07, 6.45) is 5.14. The molecule has 2 heterocycles. The number of amides is 2. The molecule has 0 unspecified atom stereocenters. The molecule has 1 aromatic carbocycles. The Labute approximate surface area is 216 Å². The molecule has 0 bridgehead atoms. The molecule has 0 atom stereocenters. The zero-order chi connectivity index (χ0) is 26.8. The summed E-state index contributed by atoms with van der Waals surface area (Å²) < 4.78 is 5.49. The molecule has 0 aliphatic carbocycles. The lowest BCUT2D eigenvalue weighted by atomic mass is 10.1. The quantitative estimate of drug-likeness (QED) is 0.122. The van der Waals surface area contributed by atoms with Crippen LogP contribution in [0.4, 0.5) is 23.3 Å². The molecule has 0 saturated carbocycles. The van der Waals surface area contributed by atoms with Gasteiger partial charge in [-0.1, -0.05) is 23.7 Å². The van der Waals surface area contributed by atoms with Gasteiger partial charge in [-0.15, -0.1) is 0 Å². The number of aliphatic imine (C=N–C) groups is 1. The van der Waals surface area contributed by atoms with E-state index in [9.17, 15) is 9.59 Å². The number of nitrogen functional groups attached to an aromatic ring is 3. The molecule has 0 saturated heterocycles. The Morgan fingerprint density at radius 3 is 2.49 bits per heavy atom. The summed E-state index contributed by atoms with van der Waals surface area (Å²) in [4.78, 5) is 43.7. The lowest BCUT2D eigenvalue weighted by Gasteiger charge is -2.08. The monoisotopic (exact) mass is 527 g/mol. The van der Waals surface area contributed by atoms with Crippen LogP contribution < -0.4 is 38.3 Å². The van der Waals surface area contributed by atoms with Crippen LogP contribution >= 0.6 is 11.6 Å². The van der Waals surface area contributed by atoms with Gasteiger partial charge in [-0.2, -0.15) is 0 Å².